The number of esters is 1. The van der Waals surface area contributed by atoms with Crippen LogP contribution in [0.25, 0.3) is 15.2 Å². The predicted molar refractivity (Wildman–Crippen MR) is 153 cm³/mol. The lowest BCUT2D eigenvalue weighted by molar-refractivity contribution is -0.147. The molecule has 42 heavy (non-hydrogen) atoms. The highest BCUT2D eigenvalue weighted by Gasteiger charge is 2.29. The molecule has 4 aromatic rings. The van der Waals surface area contributed by atoms with Gasteiger partial charge in [-0.05, 0) is 45.4 Å². The topological polar surface area (TPSA) is 137 Å². The highest BCUT2D eigenvalue weighted by Crippen LogP contribution is 2.34. The van der Waals surface area contributed by atoms with E-state index in [4.69, 9.17) is 14.2 Å². The lowest BCUT2D eigenvalue weighted by Crippen LogP contribution is -2.44. The van der Waals surface area contributed by atoms with Gasteiger partial charge in [-0.2, -0.15) is 10.2 Å². The van der Waals surface area contributed by atoms with Crippen molar-refractivity contribution >= 4 is 33.3 Å². The number of aromatic nitrogens is 5. The van der Waals surface area contributed by atoms with Crippen LogP contribution in [0.2, 0.25) is 0 Å². The third-order valence-electron chi connectivity index (χ3n) is 6.66. The first-order chi connectivity index (χ1) is 20.1. The molecule has 0 aliphatic carbocycles. The molecule has 4 rings (SSSR count). The number of aryl methyl sites for hydroxylation is 1. The van der Waals surface area contributed by atoms with Crippen molar-refractivity contribution in [3.63, 3.8) is 0 Å². The second-order valence-corrected chi connectivity index (χ2v) is 10.7. The normalized spacial score (nSPS) is 12.8. The SMILES string of the molecule is CCCCOC(=O)C(C)n1c(=O)c2c(C)c(-n3nccn3)sc2n(C[C@H](OCC(C)=O)c2cc(F)ccc2OC)c1=O. The van der Waals surface area contributed by atoms with Crippen LogP contribution in [0.3, 0.4) is 0 Å². The average molecular weight is 602 g/mol. The number of hydrogen-bond donors (Lipinski definition) is 0. The summed E-state index contributed by atoms with van der Waals surface area (Å²) in [5, 5.41) is 9.00. The molecule has 0 aliphatic rings. The molecule has 3 aromatic heterocycles. The molecule has 0 spiro atoms. The summed E-state index contributed by atoms with van der Waals surface area (Å²) < 4.78 is 33.2. The van der Waals surface area contributed by atoms with Gasteiger partial charge in [0.05, 0.1) is 38.0 Å². The van der Waals surface area contributed by atoms with Gasteiger partial charge in [0, 0.05) is 11.1 Å². The van der Waals surface area contributed by atoms with Crippen molar-refractivity contribution in [2.45, 2.75) is 59.2 Å². The summed E-state index contributed by atoms with van der Waals surface area (Å²) in [5.41, 5.74) is -0.732. The van der Waals surface area contributed by atoms with Gasteiger partial charge >= 0.3 is 11.7 Å². The Morgan fingerprint density at radius 1 is 1.17 bits per heavy atom. The number of Topliss-reactive ketones (excluding diaryl/α,β-unsaturated/α-hetero) is 1. The van der Waals surface area contributed by atoms with Crippen molar-refractivity contribution in [2.75, 3.05) is 20.3 Å². The number of halogens is 1. The first-order valence-corrected chi connectivity index (χ1v) is 14.2. The fourth-order valence-corrected chi connectivity index (χ4v) is 5.71. The van der Waals surface area contributed by atoms with Gasteiger partial charge in [-0.1, -0.05) is 24.7 Å². The molecule has 3 heterocycles. The van der Waals surface area contributed by atoms with E-state index in [0.717, 1.165) is 22.3 Å². The quantitative estimate of drug-likeness (QED) is 0.167. The smallest absolute Gasteiger partial charge is 0.333 e. The van der Waals surface area contributed by atoms with E-state index in [1.54, 1.807) is 6.92 Å². The molecule has 224 valence electrons. The second kappa shape index (κ2) is 13.2. The molecule has 12 nitrogen and oxygen atoms in total. The Morgan fingerprint density at radius 3 is 2.52 bits per heavy atom. The van der Waals surface area contributed by atoms with Crippen LogP contribution in [0.15, 0.2) is 40.2 Å². The van der Waals surface area contributed by atoms with Crippen molar-refractivity contribution in [3.05, 3.63) is 68.4 Å². The number of fused-ring (bicyclic) bond motifs is 1. The second-order valence-electron chi connectivity index (χ2n) is 9.68. The van der Waals surface area contributed by atoms with E-state index >= 15 is 0 Å². The summed E-state index contributed by atoms with van der Waals surface area (Å²) in [6.07, 6.45) is 3.33. The summed E-state index contributed by atoms with van der Waals surface area (Å²) >= 11 is 1.10. The van der Waals surface area contributed by atoms with Crippen molar-refractivity contribution in [3.8, 4) is 10.8 Å². The molecule has 0 saturated carbocycles. The summed E-state index contributed by atoms with van der Waals surface area (Å²) in [6, 6.07) is 2.59. The van der Waals surface area contributed by atoms with Crippen LogP contribution < -0.4 is 16.0 Å². The Hall–Kier alpha value is -4.17. The van der Waals surface area contributed by atoms with E-state index in [2.05, 4.69) is 10.2 Å². The lowest BCUT2D eigenvalue weighted by Gasteiger charge is -2.23. The monoisotopic (exact) mass is 601 g/mol. The maximum atomic E-state index is 14.4. The summed E-state index contributed by atoms with van der Waals surface area (Å²) in [6.45, 7) is 5.98. The number of unbranched alkanes of at least 4 members (excludes halogenated alkanes) is 1. The van der Waals surface area contributed by atoms with Crippen LogP contribution in [0.5, 0.6) is 5.75 Å². The van der Waals surface area contributed by atoms with Gasteiger partial charge < -0.3 is 14.2 Å². The zero-order valence-corrected chi connectivity index (χ0v) is 24.8. The third kappa shape index (κ3) is 6.19. The van der Waals surface area contributed by atoms with Gasteiger partial charge in [-0.15, -0.1) is 4.80 Å². The van der Waals surface area contributed by atoms with E-state index in [1.165, 1.54) is 60.9 Å². The number of nitrogens with zero attached hydrogens (tertiary/aromatic N) is 5. The fourth-order valence-electron chi connectivity index (χ4n) is 4.49. The highest BCUT2D eigenvalue weighted by atomic mass is 32.1. The van der Waals surface area contributed by atoms with E-state index in [1.807, 2.05) is 6.92 Å². The summed E-state index contributed by atoms with van der Waals surface area (Å²) in [7, 11) is 1.40. The van der Waals surface area contributed by atoms with Crippen LogP contribution in [0.1, 0.15) is 56.9 Å². The fraction of sp³-hybridized carbons (Fsp3) is 0.429. The Morgan fingerprint density at radius 2 is 1.88 bits per heavy atom. The Labute approximate surface area is 244 Å². The molecule has 0 amide bonds. The number of ketones is 1. The molecule has 0 aliphatic heterocycles. The summed E-state index contributed by atoms with van der Waals surface area (Å²) in [4.78, 5) is 54.3. The molecule has 0 saturated heterocycles. The van der Waals surface area contributed by atoms with E-state index in [9.17, 15) is 23.6 Å². The number of benzene rings is 1. The predicted octanol–water partition coefficient (Wildman–Crippen LogP) is 3.51. The number of carbonyl (C=O) groups is 2. The molecule has 0 fully saturated rings. The Bertz CT molecular complexity index is 1710. The largest absolute Gasteiger partial charge is 0.496 e. The number of hydrogen-bond acceptors (Lipinski definition) is 10. The average Bonchev–Trinajstić information content (AvgIpc) is 3.60. The summed E-state index contributed by atoms with van der Waals surface area (Å²) in [5.74, 6) is -1.32. The number of methoxy groups -OCH3 is 1. The minimum Gasteiger partial charge on any atom is -0.496 e. The first-order valence-electron chi connectivity index (χ1n) is 13.3. The minimum atomic E-state index is -1.25. The lowest BCUT2D eigenvalue weighted by atomic mass is 10.1. The standard InChI is InChI=1S/C28H32FN5O7S/c1-6-7-12-40-27(37)18(4)33-24(36)23-17(3)25(34-30-10-11-31-34)42-26(23)32(28(33)38)14-22(41-15-16(2)35)20-13-19(29)8-9-21(20)39-5/h8-11,13,18,22H,6-7,12,14-15H2,1-5H3/t18?,22-/m0/s1. The molecule has 0 N–H and O–H groups in total. The molecule has 1 unspecified atom stereocenters. The number of thiophene rings is 1. The molecule has 1 aromatic carbocycles. The maximum absolute atomic E-state index is 14.4. The molecule has 0 radical (unpaired) electrons. The molecular weight excluding hydrogens is 569 g/mol. The number of carbonyl (C=O) groups excluding carboxylic acids is 2. The van der Waals surface area contributed by atoms with Crippen molar-refractivity contribution < 1.29 is 28.2 Å². The minimum absolute atomic E-state index is 0.151. The molecular formula is C28H32FN5O7S. The van der Waals surface area contributed by atoms with Crippen LogP contribution in [0.4, 0.5) is 4.39 Å². The maximum Gasteiger partial charge on any atom is 0.333 e. The first kappa shape index (κ1) is 30.8. The third-order valence-corrected chi connectivity index (χ3v) is 7.94. The Balaban J connectivity index is 1.96. The van der Waals surface area contributed by atoms with Crippen LogP contribution >= 0.6 is 11.3 Å². The molecule has 0 bridgehead atoms. The molecule has 2 atom stereocenters. The highest BCUT2D eigenvalue weighted by molar-refractivity contribution is 7.21. The zero-order valence-electron chi connectivity index (χ0n) is 24.0. The van der Waals surface area contributed by atoms with Gasteiger partial charge in [-0.25, -0.2) is 18.5 Å². The van der Waals surface area contributed by atoms with Crippen molar-refractivity contribution in [1.82, 2.24) is 24.1 Å². The van der Waals surface area contributed by atoms with Gasteiger partial charge in [-0.3, -0.25) is 14.2 Å². The van der Waals surface area contributed by atoms with Crippen LogP contribution in [-0.2, 0) is 25.6 Å². The van der Waals surface area contributed by atoms with Crippen molar-refractivity contribution in [1.29, 1.82) is 0 Å². The van der Waals surface area contributed by atoms with Crippen LogP contribution in [-0.4, -0.2) is 56.2 Å². The van der Waals surface area contributed by atoms with E-state index in [-0.39, 0.29) is 47.1 Å². The van der Waals surface area contributed by atoms with Gasteiger partial charge in [0.25, 0.3) is 5.56 Å². The number of rotatable bonds is 13. The van der Waals surface area contributed by atoms with E-state index in [0.29, 0.717) is 17.0 Å². The van der Waals surface area contributed by atoms with Gasteiger partial charge in [0.2, 0.25) is 0 Å². The Kier molecular flexibility index (Phi) is 9.68. The van der Waals surface area contributed by atoms with Crippen LogP contribution in [0, 0.1) is 12.7 Å². The van der Waals surface area contributed by atoms with Gasteiger partial charge in [0.1, 0.15) is 40.2 Å². The van der Waals surface area contributed by atoms with Gasteiger partial charge in [0.15, 0.2) is 5.78 Å². The number of ether oxygens (including phenoxy) is 3. The van der Waals surface area contributed by atoms with Crippen molar-refractivity contribution in [2.24, 2.45) is 0 Å². The van der Waals surface area contributed by atoms with E-state index < -0.39 is 35.2 Å². The zero-order chi connectivity index (χ0) is 30.6. The molecule has 14 heteroatoms.